The highest BCUT2D eigenvalue weighted by Crippen LogP contribution is 2.36. The minimum absolute atomic E-state index is 0.0631. The number of hydrogen-bond donors (Lipinski definition) is 1. The fourth-order valence-electron chi connectivity index (χ4n) is 2.64. The van der Waals surface area contributed by atoms with Crippen molar-refractivity contribution in [2.45, 2.75) is 51.7 Å². The number of ether oxygens (including phenoxy) is 2. The second-order valence-corrected chi connectivity index (χ2v) is 7.65. The summed E-state index contributed by atoms with van der Waals surface area (Å²) < 4.78 is 25.0. The molecular weight excluding hydrogens is 281 g/mol. The minimum Gasteiger partial charge on any atom is -0.350 e. The molecule has 1 aliphatic rings. The van der Waals surface area contributed by atoms with Gasteiger partial charge in [0.15, 0.2) is 5.79 Å². The average Bonchev–Trinajstić information content (AvgIpc) is 2.49. The first-order valence-corrected chi connectivity index (χ1v) is 7.92. The van der Waals surface area contributed by atoms with Crippen LogP contribution in [0.3, 0.4) is 0 Å². The monoisotopic (exact) mass is 309 g/mol. The second-order valence-electron chi connectivity index (χ2n) is 7.65. The molecule has 1 aromatic carbocycles. The molecule has 1 heterocycles. The highest BCUT2D eigenvalue weighted by molar-refractivity contribution is 5.25. The largest absolute Gasteiger partial charge is 0.350 e. The van der Waals surface area contributed by atoms with E-state index in [-0.39, 0.29) is 16.6 Å². The van der Waals surface area contributed by atoms with E-state index in [1.165, 1.54) is 12.1 Å². The maximum absolute atomic E-state index is 13.1. The van der Waals surface area contributed by atoms with Crippen molar-refractivity contribution in [2.75, 3.05) is 19.8 Å². The van der Waals surface area contributed by atoms with Gasteiger partial charge in [-0.25, -0.2) is 4.39 Å². The van der Waals surface area contributed by atoms with Crippen LogP contribution in [0, 0.1) is 11.2 Å². The number of halogens is 1. The van der Waals surface area contributed by atoms with Crippen LogP contribution >= 0.6 is 0 Å². The molecule has 0 bridgehead atoms. The Hall–Kier alpha value is -0.970. The molecule has 22 heavy (non-hydrogen) atoms. The van der Waals surface area contributed by atoms with Gasteiger partial charge >= 0.3 is 0 Å². The molecule has 0 amide bonds. The second kappa shape index (κ2) is 6.26. The molecule has 3 nitrogen and oxygen atoms in total. The van der Waals surface area contributed by atoms with Crippen molar-refractivity contribution in [1.29, 1.82) is 0 Å². The normalized spacial score (nSPS) is 23.0. The number of benzene rings is 1. The third-order valence-corrected chi connectivity index (χ3v) is 4.66. The zero-order chi connectivity index (χ0) is 16.4. The molecule has 1 aromatic rings. The Balaban J connectivity index is 2.03. The molecule has 2 rings (SSSR count). The predicted octanol–water partition coefficient (Wildman–Crippen LogP) is 3.61. The highest BCUT2D eigenvalue weighted by Gasteiger charge is 2.38. The Morgan fingerprint density at radius 3 is 2.18 bits per heavy atom. The van der Waals surface area contributed by atoms with Crippen LogP contribution < -0.4 is 5.73 Å². The van der Waals surface area contributed by atoms with Crippen LogP contribution in [0.2, 0.25) is 0 Å². The van der Waals surface area contributed by atoms with Crippen LogP contribution in [0.4, 0.5) is 4.39 Å². The van der Waals surface area contributed by atoms with E-state index in [2.05, 4.69) is 20.8 Å². The predicted molar refractivity (Wildman–Crippen MR) is 86.1 cm³/mol. The molecule has 0 radical (unpaired) electrons. The first-order chi connectivity index (χ1) is 10.2. The molecule has 1 aliphatic heterocycles. The van der Waals surface area contributed by atoms with Crippen LogP contribution in [0.25, 0.3) is 0 Å². The maximum Gasteiger partial charge on any atom is 0.165 e. The lowest BCUT2D eigenvalue weighted by Gasteiger charge is -2.43. The lowest BCUT2D eigenvalue weighted by molar-refractivity contribution is -0.293. The fraction of sp³-hybridized carbons (Fsp3) is 0.667. The molecule has 1 saturated heterocycles. The summed E-state index contributed by atoms with van der Waals surface area (Å²) in [4.78, 5) is 0. The number of hydrogen-bond acceptors (Lipinski definition) is 3. The summed E-state index contributed by atoms with van der Waals surface area (Å²) in [5.74, 6) is -0.789. The van der Waals surface area contributed by atoms with E-state index >= 15 is 0 Å². The molecule has 1 atom stereocenters. The first-order valence-electron chi connectivity index (χ1n) is 7.92. The zero-order valence-electron chi connectivity index (χ0n) is 14.1. The Morgan fingerprint density at radius 2 is 1.68 bits per heavy atom. The molecule has 4 heteroatoms. The van der Waals surface area contributed by atoms with Crippen molar-refractivity contribution in [3.05, 3.63) is 35.6 Å². The van der Waals surface area contributed by atoms with Gasteiger partial charge < -0.3 is 15.2 Å². The Bertz CT molecular complexity index is 490. The van der Waals surface area contributed by atoms with Crippen LogP contribution in [0.5, 0.6) is 0 Å². The Morgan fingerprint density at radius 1 is 1.14 bits per heavy atom. The SMILES string of the molecule is CC1(C)COC(C)(CCC(C)(CN)c2ccc(F)cc2)OC1. The molecule has 0 aromatic heterocycles. The van der Waals surface area contributed by atoms with E-state index in [0.29, 0.717) is 19.8 Å². The van der Waals surface area contributed by atoms with E-state index in [1.54, 1.807) is 0 Å². The van der Waals surface area contributed by atoms with Gasteiger partial charge in [-0.1, -0.05) is 32.9 Å². The maximum atomic E-state index is 13.1. The standard InChI is InChI=1S/C18H28FNO2/c1-16(2)12-21-18(4,22-13-16)10-9-17(3,11-20)14-5-7-15(19)8-6-14/h5-8H,9-13,20H2,1-4H3. The van der Waals surface area contributed by atoms with Gasteiger partial charge in [-0.3, -0.25) is 0 Å². The summed E-state index contributed by atoms with van der Waals surface area (Å²) in [6.45, 7) is 10.3. The Labute approximate surface area is 133 Å². The molecule has 0 saturated carbocycles. The first kappa shape index (κ1) is 17.4. The van der Waals surface area contributed by atoms with Gasteiger partial charge in [0.05, 0.1) is 13.2 Å². The third kappa shape index (κ3) is 4.06. The van der Waals surface area contributed by atoms with E-state index in [4.69, 9.17) is 15.2 Å². The van der Waals surface area contributed by atoms with E-state index in [9.17, 15) is 4.39 Å². The molecule has 1 unspecified atom stereocenters. The number of nitrogens with two attached hydrogens (primary N) is 1. The van der Waals surface area contributed by atoms with Crippen molar-refractivity contribution in [3.8, 4) is 0 Å². The van der Waals surface area contributed by atoms with Gasteiger partial charge in [0.2, 0.25) is 0 Å². The van der Waals surface area contributed by atoms with Crippen LogP contribution in [-0.4, -0.2) is 25.5 Å². The lowest BCUT2D eigenvalue weighted by Crippen LogP contribution is -2.46. The summed E-state index contributed by atoms with van der Waals surface area (Å²) in [5.41, 5.74) is 6.91. The molecule has 2 N–H and O–H groups in total. The summed E-state index contributed by atoms with van der Waals surface area (Å²) in [5, 5.41) is 0. The molecule has 0 aliphatic carbocycles. The zero-order valence-corrected chi connectivity index (χ0v) is 14.1. The van der Waals surface area contributed by atoms with Gasteiger partial charge in [0.25, 0.3) is 0 Å². The van der Waals surface area contributed by atoms with Gasteiger partial charge in [-0.2, -0.15) is 0 Å². The topological polar surface area (TPSA) is 44.5 Å². The van der Waals surface area contributed by atoms with E-state index in [0.717, 1.165) is 18.4 Å². The molecule has 124 valence electrons. The van der Waals surface area contributed by atoms with Crippen molar-refractivity contribution in [2.24, 2.45) is 11.1 Å². The lowest BCUT2D eigenvalue weighted by atomic mass is 9.77. The number of rotatable bonds is 5. The molecular formula is C18H28FNO2. The van der Waals surface area contributed by atoms with Crippen molar-refractivity contribution < 1.29 is 13.9 Å². The van der Waals surface area contributed by atoms with Gasteiger partial charge in [0.1, 0.15) is 5.82 Å². The third-order valence-electron chi connectivity index (χ3n) is 4.66. The average molecular weight is 309 g/mol. The quantitative estimate of drug-likeness (QED) is 0.903. The van der Waals surface area contributed by atoms with Crippen molar-refractivity contribution in [1.82, 2.24) is 0 Å². The summed E-state index contributed by atoms with van der Waals surface area (Å²) in [6, 6.07) is 6.61. The summed E-state index contributed by atoms with van der Waals surface area (Å²) in [7, 11) is 0. The summed E-state index contributed by atoms with van der Waals surface area (Å²) in [6.07, 6.45) is 1.58. The Kier molecular flexibility index (Phi) is 4.95. The van der Waals surface area contributed by atoms with Gasteiger partial charge in [-0.15, -0.1) is 0 Å². The van der Waals surface area contributed by atoms with Crippen molar-refractivity contribution >= 4 is 0 Å². The van der Waals surface area contributed by atoms with E-state index in [1.807, 2.05) is 19.1 Å². The van der Waals surface area contributed by atoms with E-state index < -0.39 is 5.79 Å². The molecule has 0 spiro atoms. The van der Waals surface area contributed by atoms with Crippen LogP contribution in [0.15, 0.2) is 24.3 Å². The van der Waals surface area contributed by atoms with Crippen LogP contribution in [-0.2, 0) is 14.9 Å². The molecule has 1 fully saturated rings. The van der Waals surface area contributed by atoms with Gasteiger partial charge in [0, 0.05) is 23.8 Å². The van der Waals surface area contributed by atoms with Crippen molar-refractivity contribution in [3.63, 3.8) is 0 Å². The van der Waals surface area contributed by atoms with Crippen LogP contribution in [0.1, 0.15) is 46.1 Å². The minimum atomic E-state index is -0.564. The smallest absolute Gasteiger partial charge is 0.165 e. The van der Waals surface area contributed by atoms with Gasteiger partial charge in [-0.05, 0) is 31.0 Å². The highest BCUT2D eigenvalue weighted by atomic mass is 19.1. The fourth-order valence-corrected chi connectivity index (χ4v) is 2.64. The summed E-state index contributed by atoms with van der Waals surface area (Å²) >= 11 is 0.